The topological polar surface area (TPSA) is 64.0 Å². The second-order valence-electron chi connectivity index (χ2n) is 5.85. The molecule has 0 spiro atoms. The van der Waals surface area contributed by atoms with E-state index in [1.165, 1.54) is 18.2 Å². The average Bonchev–Trinajstić information content (AvgIpc) is 2.63. The first-order valence-corrected chi connectivity index (χ1v) is 8.41. The lowest BCUT2D eigenvalue weighted by Gasteiger charge is -2.36. The molecule has 25 heavy (non-hydrogen) atoms. The molecule has 5 nitrogen and oxygen atoms in total. The fraction of sp³-hybridized carbons (Fsp3) is 0.211. The molecule has 2 aromatic carbocycles. The molecular weight excluding hydrogens is 340 g/mol. The average molecular weight is 359 g/mol. The number of halogens is 1. The monoisotopic (exact) mass is 358 g/mol. The van der Waals surface area contributed by atoms with Crippen LogP contribution in [0, 0.1) is 0 Å². The Morgan fingerprint density at radius 2 is 1.72 bits per heavy atom. The maximum absolute atomic E-state index is 12.3. The highest BCUT2D eigenvalue weighted by atomic mass is 35.5. The van der Waals surface area contributed by atoms with Gasteiger partial charge in [-0.3, -0.25) is 4.79 Å². The number of phenolic OH excluding ortho intramolecular Hbond substituents is 2. The zero-order chi connectivity index (χ0) is 17.8. The number of para-hydroxylation sites is 1. The van der Waals surface area contributed by atoms with E-state index >= 15 is 0 Å². The van der Waals surface area contributed by atoms with Gasteiger partial charge < -0.3 is 20.0 Å². The molecule has 1 amide bonds. The van der Waals surface area contributed by atoms with E-state index in [0.29, 0.717) is 23.7 Å². The Kier molecular flexibility index (Phi) is 5.14. The van der Waals surface area contributed by atoms with Crippen LogP contribution in [0.1, 0.15) is 5.56 Å². The maximum atomic E-state index is 12.3. The van der Waals surface area contributed by atoms with Gasteiger partial charge in [0.15, 0.2) is 11.5 Å². The Hall–Kier alpha value is -2.66. The zero-order valence-corrected chi connectivity index (χ0v) is 14.4. The lowest BCUT2D eigenvalue weighted by molar-refractivity contribution is -0.126. The summed E-state index contributed by atoms with van der Waals surface area (Å²) in [7, 11) is 0. The van der Waals surface area contributed by atoms with Crippen LogP contribution in [0.25, 0.3) is 6.08 Å². The number of hydrogen-bond acceptors (Lipinski definition) is 4. The molecule has 0 aliphatic carbocycles. The molecule has 0 atom stereocenters. The Labute approximate surface area is 151 Å². The highest BCUT2D eigenvalue weighted by Gasteiger charge is 2.20. The normalized spacial score (nSPS) is 14.9. The highest BCUT2D eigenvalue weighted by molar-refractivity contribution is 6.33. The van der Waals surface area contributed by atoms with Crippen LogP contribution in [0.15, 0.2) is 48.5 Å². The van der Waals surface area contributed by atoms with Crippen LogP contribution < -0.4 is 4.90 Å². The van der Waals surface area contributed by atoms with E-state index in [0.717, 1.165) is 18.8 Å². The summed E-state index contributed by atoms with van der Waals surface area (Å²) in [6, 6.07) is 12.1. The minimum Gasteiger partial charge on any atom is -0.504 e. The van der Waals surface area contributed by atoms with Gasteiger partial charge in [-0.05, 0) is 35.9 Å². The Balaban J connectivity index is 1.59. The lowest BCUT2D eigenvalue weighted by atomic mass is 10.2. The third-order valence-corrected chi connectivity index (χ3v) is 4.52. The van der Waals surface area contributed by atoms with Crippen LogP contribution in [-0.4, -0.2) is 47.2 Å². The fourth-order valence-corrected chi connectivity index (χ4v) is 3.05. The van der Waals surface area contributed by atoms with Crippen LogP contribution in [0.2, 0.25) is 5.02 Å². The molecular formula is C19H19ClN2O3. The van der Waals surface area contributed by atoms with Gasteiger partial charge in [-0.1, -0.05) is 29.8 Å². The summed E-state index contributed by atoms with van der Waals surface area (Å²) in [5.41, 5.74) is 1.64. The molecule has 0 saturated carbocycles. The van der Waals surface area contributed by atoms with Gasteiger partial charge in [0.25, 0.3) is 0 Å². The highest BCUT2D eigenvalue weighted by Crippen LogP contribution is 2.27. The number of piperazine rings is 1. The summed E-state index contributed by atoms with van der Waals surface area (Å²) in [6.07, 6.45) is 3.11. The second-order valence-corrected chi connectivity index (χ2v) is 6.25. The number of anilines is 1. The van der Waals surface area contributed by atoms with Crippen molar-refractivity contribution in [2.75, 3.05) is 31.1 Å². The van der Waals surface area contributed by atoms with Crippen molar-refractivity contribution in [3.63, 3.8) is 0 Å². The van der Waals surface area contributed by atoms with Gasteiger partial charge in [0.05, 0.1) is 10.7 Å². The van der Waals surface area contributed by atoms with Crippen molar-refractivity contribution in [3.8, 4) is 11.5 Å². The second kappa shape index (κ2) is 7.49. The van der Waals surface area contributed by atoms with Gasteiger partial charge in [-0.15, -0.1) is 0 Å². The minimum absolute atomic E-state index is 0.0774. The Morgan fingerprint density at radius 1 is 1.00 bits per heavy atom. The van der Waals surface area contributed by atoms with Crippen LogP contribution in [0.5, 0.6) is 11.5 Å². The summed E-state index contributed by atoms with van der Waals surface area (Å²) in [6.45, 7) is 2.69. The molecule has 0 radical (unpaired) electrons. The summed E-state index contributed by atoms with van der Waals surface area (Å²) >= 11 is 6.23. The summed E-state index contributed by atoms with van der Waals surface area (Å²) in [4.78, 5) is 16.3. The van der Waals surface area contributed by atoms with Gasteiger partial charge in [-0.25, -0.2) is 0 Å². The molecule has 1 aliphatic heterocycles. The Bertz CT molecular complexity index is 799. The number of carbonyl (C=O) groups excluding carboxylic acids is 1. The van der Waals surface area contributed by atoms with Crippen molar-refractivity contribution < 1.29 is 15.0 Å². The third-order valence-electron chi connectivity index (χ3n) is 4.20. The van der Waals surface area contributed by atoms with E-state index in [4.69, 9.17) is 11.6 Å². The molecule has 0 bridgehead atoms. The van der Waals surface area contributed by atoms with Crippen LogP contribution in [-0.2, 0) is 4.79 Å². The summed E-state index contributed by atoms with van der Waals surface area (Å²) in [5, 5.41) is 19.5. The molecule has 130 valence electrons. The SMILES string of the molecule is O=C(/C=C/c1ccc(O)c(O)c1)N1CCN(c2ccccc2Cl)CC1. The third kappa shape index (κ3) is 4.06. The lowest BCUT2D eigenvalue weighted by Crippen LogP contribution is -2.48. The number of phenols is 2. The fourth-order valence-electron chi connectivity index (χ4n) is 2.79. The molecule has 1 aliphatic rings. The minimum atomic E-state index is -0.206. The molecule has 2 N–H and O–H groups in total. The van der Waals surface area contributed by atoms with E-state index < -0.39 is 0 Å². The van der Waals surface area contributed by atoms with Crippen LogP contribution >= 0.6 is 11.6 Å². The van der Waals surface area contributed by atoms with E-state index in [1.807, 2.05) is 24.3 Å². The first-order chi connectivity index (χ1) is 12.0. The molecule has 1 heterocycles. The van der Waals surface area contributed by atoms with Crippen molar-refractivity contribution in [2.45, 2.75) is 0 Å². The van der Waals surface area contributed by atoms with Gasteiger partial charge in [-0.2, -0.15) is 0 Å². The zero-order valence-electron chi connectivity index (χ0n) is 13.6. The van der Waals surface area contributed by atoms with Crippen molar-refractivity contribution in [2.24, 2.45) is 0 Å². The van der Waals surface area contributed by atoms with Crippen molar-refractivity contribution in [1.82, 2.24) is 4.90 Å². The number of benzene rings is 2. The first-order valence-electron chi connectivity index (χ1n) is 8.03. The predicted octanol–water partition coefficient (Wildman–Crippen LogP) is 3.11. The smallest absolute Gasteiger partial charge is 0.246 e. The van der Waals surface area contributed by atoms with Gasteiger partial charge >= 0.3 is 0 Å². The number of hydrogen-bond donors (Lipinski definition) is 2. The first kappa shape index (κ1) is 17.2. The number of amides is 1. The molecule has 3 rings (SSSR count). The van der Waals surface area contributed by atoms with Crippen molar-refractivity contribution in [3.05, 3.63) is 59.1 Å². The molecule has 2 aromatic rings. The molecule has 1 fully saturated rings. The molecule has 1 saturated heterocycles. The number of aromatic hydroxyl groups is 2. The van der Waals surface area contributed by atoms with E-state index in [9.17, 15) is 15.0 Å². The van der Waals surface area contributed by atoms with Crippen LogP contribution in [0.3, 0.4) is 0 Å². The number of rotatable bonds is 3. The molecule has 0 unspecified atom stereocenters. The van der Waals surface area contributed by atoms with E-state index in [2.05, 4.69) is 4.90 Å². The quantitative estimate of drug-likeness (QED) is 0.653. The molecule has 0 aromatic heterocycles. The molecule has 6 heteroatoms. The predicted molar refractivity (Wildman–Crippen MR) is 99.1 cm³/mol. The van der Waals surface area contributed by atoms with E-state index in [1.54, 1.807) is 17.0 Å². The van der Waals surface area contributed by atoms with Crippen molar-refractivity contribution in [1.29, 1.82) is 0 Å². The van der Waals surface area contributed by atoms with Crippen LogP contribution in [0.4, 0.5) is 5.69 Å². The standard InChI is InChI=1S/C19H19ClN2O3/c20-15-3-1-2-4-16(15)21-9-11-22(12-10-21)19(25)8-6-14-5-7-17(23)18(24)13-14/h1-8,13,23-24H,9-12H2/b8-6+. The largest absolute Gasteiger partial charge is 0.504 e. The van der Waals surface area contributed by atoms with Crippen molar-refractivity contribution >= 4 is 29.3 Å². The van der Waals surface area contributed by atoms with E-state index in [-0.39, 0.29) is 17.4 Å². The van der Waals surface area contributed by atoms with Gasteiger partial charge in [0.1, 0.15) is 0 Å². The Morgan fingerprint density at radius 3 is 2.40 bits per heavy atom. The van der Waals surface area contributed by atoms with Gasteiger partial charge in [0, 0.05) is 32.3 Å². The number of carbonyl (C=O) groups is 1. The maximum Gasteiger partial charge on any atom is 0.246 e. The summed E-state index contributed by atoms with van der Waals surface area (Å²) in [5.74, 6) is -0.464. The van der Waals surface area contributed by atoms with Gasteiger partial charge in [0.2, 0.25) is 5.91 Å². The summed E-state index contributed by atoms with van der Waals surface area (Å²) < 4.78 is 0. The number of nitrogens with zero attached hydrogens (tertiary/aromatic N) is 2.